The van der Waals surface area contributed by atoms with E-state index in [0.29, 0.717) is 0 Å². The molecular formula is C10H20N2S. The molecule has 0 aromatic carbocycles. The van der Waals surface area contributed by atoms with Gasteiger partial charge < -0.3 is 10.2 Å². The van der Waals surface area contributed by atoms with Gasteiger partial charge in [0.15, 0.2) is 5.11 Å². The summed E-state index contributed by atoms with van der Waals surface area (Å²) in [6.45, 7) is 9.89. The fraction of sp³-hybridized carbons (Fsp3) is 0.900. The fourth-order valence-electron chi connectivity index (χ4n) is 1.78. The predicted octanol–water partition coefficient (Wildman–Crippen LogP) is 1.86. The summed E-state index contributed by atoms with van der Waals surface area (Å²) < 4.78 is 0. The number of nitrogens with one attached hydrogen (secondary N) is 1. The standard InChI is InChI=1S/C10H20N2S/c1-4-11-10(13)12-6-5-9(7-12)8(2)3/h8-9H,4-7H2,1-3H3,(H,11,13). The van der Waals surface area contributed by atoms with E-state index in [1.165, 1.54) is 6.42 Å². The molecule has 0 amide bonds. The van der Waals surface area contributed by atoms with Crippen LogP contribution >= 0.6 is 12.2 Å². The van der Waals surface area contributed by atoms with Gasteiger partial charge in [-0.15, -0.1) is 0 Å². The van der Waals surface area contributed by atoms with E-state index in [1.54, 1.807) is 0 Å². The Bertz CT molecular complexity index is 180. The van der Waals surface area contributed by atoms with Gasteiger partial charge in [0.05, 0.1) is 0 Å². The van der Waals surface area contributed by atoms with Gasteiger partial charge in [0, 0.05) is 19.6 Å². The minimum atomic E-state index is 0.787. The van der Waals surface area contributed by atoms with E-state index in [2.05, 4.69) is 31.0 Å². The summed E-state index contributed by atoms with van der Waals surface area (Å²) in [4.78, 5) is 2.30. The smallest absolute Gasteiger partial charge is 0.168 e. The molecule has 76 valence electrons. The van der Waals surface area contributed by atoms with Crippen LogP contribution in [0.2, 0.25) is 0 Å². The summed E-state index contributed by atoms with van der Waals surface area (Å²) in [5, 5.41) is 4.14. The zero-order valence-corrected chi connectivity index (χ0v) is 9.66. The molecule has 0 aromatic rings. The Morgan fingerprint density at radius 3 is 2.77 bits per heavy atom. The third-order valence-corrected chi connectivity index (χ3v) is 3.19. The molecule has 1 atom stereocenters. The summed E-state index contributed by atoms with van der Waals surface area (Å²) in [5.74, 6) is 1.62. The highest BCUT2D eigenvalue weighted by atomic mass is 32.1. The molecule has 1 aliphatic rings. The monoisotopic (exact) mass is 200 g/mol. The number of thiocarbonyl (C=S) groups is 1. The normalized spacial score (nSPS) is 22.5. The van der Waals surface area contributed by atoms with Crippen molar-refractivity contribution < 1.29 is 0 Å². The van der Waals surface area contributed by atoms with Crippen molar-refractivity contribution in [2.45, 2.75) is 27.2 Å². The molecule has 2 nitrogen and oxygen atoms in total. The minimum absolute atomic E-state index is 0.787. The van der Waals surface area contributed by atoms with Crippen LogP contribution in [0.25, 0.3) is 0 Å². The van der Waals surface area contributed by atoms with Gasteiger partial charge >= 0.3 is 0 Å². The van der Waals surface area contributed by atoms with Crippen molar-refractivity contribution in [3.8, 4) is 0 Å². The highest BCUT2D eigenvalue weighted by molar-refractivity contribution is 7.80. The molecule has 1 aliphatic heterocycles. The summed E-state index contributed by atoms with van der Waals surface area (Å²) in [5.41, 5.74) is 0. The fourth-order valence-corrected chi connectivity index (χ4v) is 2.09. The molecule has 13 heavy (non-hydrogen) atoms. The first kappa shape index (κ1) is 10.8. The highest BCUT2D eigenvalue weighted by Gasteiger charge is 2.25. The molecule has 3 heteroatoms. The maximum absolute atomic E-state index is 5.27. The summed E-state index contributed by atoms with van der Waals surface area (Å²) in [6, 6.07) is 0. The summed E-state index contributed by atoms with van der Waals surface area (Å²) in [6.07, 6.45) is 1.29. The van der Waals surface area contributed by atoms with Crippen LogP contribution in [0, 0.1) is 11.8 Å². The number of nitrogens with zero attached hydrogens (tertiary/aromatic N) is 1. The lowest BCUT2D eigenvalue weighted by atomic mass is 9.95. The van der Waals surface area contributed by atoms with Crippen molar-refractivity contribution >= 4 is 17.3 Å². The van der Waals surface area contributed by atoms with Crippen LogP contribution in [-0.4, -0.2) is 29.6 Å². The Kier molecular flexibility index (Phi) is 3.97. The minimum Gasteiger partial charge on any atom is -0.363 e. The molecule has 0 spiro atoms. The van der Waals surface area contributed by atoms with Crippen LogP contribution in [0.3, 0.4) is 0 Å². The first-order chi connectivity index (χ1) is 6.15. The van der Waals surface area contributed by atoms with Crippen LogP contribution in [0.15, 0.2) is 0 Å². The highest BCUT2D eigenvalue weighted by Crippen LogP contribution is 2.23. The van der Waals surface area contributed by atoms with Crippen LogP contribution in [0.5, 0.6) is 0 Å². The van der Waals surface area contributed by atoms with Crippen molar-refractivity contribution in [3.63, 3.8) is 0 Å². The molecular weight excluding hydrogens is 180 g/mol. The van der Waals surface area contributed by atoms with E-state index in [0.717, 1.165) is 36.6 Å². The molecule has 1 saturated heterocycles. The van der Waals surface area contributed by atoms with E-state index >= 15 is 0 Å². The van der Waals surface area contributed by atoms with Gasteiger partial charge in [0.1, 0.15) is 0 Å². The molecule has 1 fully saturated rings. The molecule has 1 unspecified atom stereocenters. The number of rotatable bonds is 2. The molecule has 1 rings (SSSR count). The third kappa shape index (κ3) is 2.83. The van der Waals surface area contributed by atoms with Gasteiger partial charge in [-0.1, -0.05) is 13.8 Å². The lowest BCUT2D eigenvalue weighted by molar-refractivity contribution is 0.387. The van der Waals surface area contributed by atoms with E-state index in [9.17, 15) is 0 Å². The molecule has 0 aromatic heterocycles. The lowest BCUT2D eigenvalue weighted by Crippen LogP contribution is -2.38. The van der Waals surface area contributed by atoms with Crippen LogP contribution in [0.1, 0.15) is 27.2 Å². The van der Waals surface area contributed by atoms with Gasteiger partial charge in [-0.05, 0) is 37.4 Å². The molecule has 0 saturated carbocycles. The van der Waals surface area contributed by atoms with Crippen molar-refractivity contribution in [1.29, 1.82) is 0 Å². The largest absolute Gasteiger partial charge is 0.363 e. The first-order valence-electron chi connectivity index (χ1n) is 5.18. The Balaban J connectivity index is 2.36. The maximum atomic E-state index is 5.27. The second-order valence-electron chi connectivity index (χ2n) is 4.07. The third-order valence-electron chi connectivity index (χ3n) is 2.78. The summed E-state index contributed by atoms with van der Waals surface area (Å²) >= 11 is 5.27. The average Bonchev–Trinajstić information content (AvgIpc) is 2.52. The molecule has 1 N–H and O–H groups in total. The molecule has 0 aliphatic carbocycles. The van der Waals surface area contributed by atoms with E-state index in [1.807, 2.05) is 0 Å². The Labute approximate surface area is 86.7 Å². The van der Waals surface area contributed by atoms with Crippen LogP contribution in [-0.2, 0) is 0 Å². The van der Waals surface area contributed by atoms with Gasteiger partial charge in [-0.3, -0.25) is 0 Å². The maximum Gasteiger partial charge on any atom is 0.168 e. The van der Waals surface area contributed by atoms with Crippen molar-refractivity contribution in [1.82, 2.24) is 10.2 Å². The molecule has 1 heterocycles. The lowest BCUT2D eigenvalue weighted by Gasteiger charge is -2.20. The number of likely N-dealkylation sites (tertiary alicyclic amines) is 1. The zero-order chi connectivity index (χ0) is 9.84. The van der Waals surface area contributed by atoms with Gasteiger partial charge in [-0.25, -0.2) is 0 Å². The van der Waals surface area contributed by atoms with Gasteiger partial charge in [0.2, 0.25) is 0 Å². The Hall–Kier alpha value is -0.310. The zero-order valence-electron chi connectivity index (χ0n) is 8.84. The Morgan fingerprint density at radius 2 is 2.31 bits per heavy atom. The van der Waals surface area contributed by atoms with Crippen LogP contribution in [0.4, 0.5) is 0 Å². The van der Waals surface area contributed by atoms with Crippen LogP contribution < -0.4 is 5.32 Å². The number of hydrogen-bond donors (Lipinski definition) is 1. The molecule has 0 bridgehead atoms. The van der Waals surface area contributed by atoms with E-state index < -0.39 is 0 Å². The predicted molar refractivity (Wildman–Crippen MR) is 60.8 cm³/mol. The van der Waals surface area contributed by atoms with Crippen molar-refractivity contribution in [2.24, 2.45) is 11.8 Å². The number of hydrogen-bond acceptors (Lipinski definition) is 1. The Morgan fingerprint density at radius 1 is 1.62 bits per heavy atom. The van der Waals surface area contributed by atoms with Gasteiger partial charge in [0.25, 0.3) is 0 Å². The quantitative estimate of drug-likeness (QED) is 0.685. The van der Waals surface area contributed by atoms with Crippen molar-refractivity contribution in [3.05, 3.63) is 0 Å². The molecule has 0 radical (unpaired) electrons. The van der Waals surface area contributed by atoms with E-state index in [4.69, 9.17) is 12.2 Å². The first-order valence-corrected chi connectivity index (χ1v) is 5.58. The van der Waals surface area contributed by atoms with Crippen molar-refractivity contribution in [2.75, 3.05) is 19.6 Å². The van der Waals surface area contributed by atoms with E-state index in [-0.39, 0.29) is 0 Å². The topological polar surface area (TPSA) is 15.3 Å². The second-order valence-corrected chi connectivity index (χ2v) is 4.46. The second kappa shape index (κ2) is 4.80. The van der Waals surface area contributed by atoms with Gasteiger partial charge in [-0.2, -0.15) is 0 Å². The average molecular weight is 200 g/mol. The summed E-state index contributed by atoms with van der Waals surface area (Å²) in [7, 11) is 0. The SMILES string of the molecule is CCNC(=S)N1CCC(C(C)C)C1.